The number of hydrogen-bond donors (Lipinski definition) is 1. The van der Waals surface area contributed by atoms with Crippen LogP contribution in [0, 0.1) is 10.1 Å². The third-order valence-electron chi connectivity index (χ3n) is 7.10. The SMILES string of the molecule is CCOc1cc([C@H]2[C@H]([N+](=O)[O-])[C@@]3(C(=O)Nc4ccccc43)N3CCC[C@@H]23)cc(Br)c1OCC. The van der Waals surface area contributed by atoms with E-state index in [0.29, 0.717) is 47.0 Å². The summed E-state index contributed by atoms with van der Waals surface area (Å²) < 4.78 is 12.3. The first-order valence-electron chi connectivity index (χ1n) is 11.3. The number of ether oxygens (including phenoxy) is 2. The number of carbonyl (C=O) groups is 1. The van der Waals surface area contributed by atoms with Gasteiger partial charge in [0.1, 0.15) is 0 Å². The number of carbonyl (C=O) groups excluding carboxylic acids is 1. The molecule has 0 bridgehead atoms. The molecule has 2 saturated heterocycles. The lowest BCUT2D eigenvalue weighted by molar-refractivity contribution is -0.534. The summed E-state index contributed by atoms with van der Waals surface area (Å²) >= 11 is 3.59. The Morgan fingerprint density at radius 2 is 2.00 bits per heavy atom. The standard InChI is InChI=1S/C24H26BrN3O5/c1-3-32-19-13-14(12-16(25)21(19)33-4-2)20-18-10-7-11-27(18)24(22(20)28(30)31)15-8-5-6-9-17(15)26-23(24)29/h5-6,8-9,12-13,18,20,22H,3-4,7,10-11H2,1-2H3,(H,26,29)/t18-,20+,22-,24-/m0/s1. The average Bonchev–Trinajstić information content (AvgIpc) is 3.44. The van der Waals surface area contributed by atoms with Crippen molar-refractivity contribution in [2.24, 2.45) is 0 Å². The van der Waals surface area contributed by atoms with E-state index < -0.39 is 17.5 Å². The molecule has 3 aliphatic rings. The van der Waals surface area contributed by atoms with Crippen molar-refractivity contribution in [3.63, 3.8) is 0 Å². The van der Waals surface area contributed by atoms with Gasteiger partial charge in [-0.1, -0.05) is 18.2 Å². The third-order valence-corrected chi connectivity index (χ3v) is 7.69. The molecule has 3 aliphatic heterocycles. The lowest BCUT2D eigenvalue weighted by Crippen LogP contribution is -2.55. The van der Waals surface area contributed by atoms with Crippen molar-refractivity contribution in [3.05, 3.63) is 62.1 Å². The lowest BCUT2D eigenvalue weighted by Gasteiger charge is -2.32. The average molecular weight is 516 g/mol. The lowest BCUT2D eigenvalue weighted by atomic mass is 9.77. The largest absolute Gasteiger partial charge is 0.490 e. The van der Waals surface area contributed by atoms with Crippen molar-refractivity contribution < 1.29 is 19.2 Å². The van der Waals surface area contributed by atoms with Gasteiger partial charge in [-0.25, -0.2) is 0 Å². The first-order chi connectivity index (χ1) is 15.9. The minimum absolute atomic E-state index is 0.128. The quantitative estimate of drug-likeness (QED) is 0.455. The van der Waals surface area contributed by atoms with Crippen molar-refractivity contribution in [2.45, 2.75) is 50.2 Å². The number of hydrogen-bond acceptors (Lipinski definition) is 6. The van der Waals surface area contributed by atoms with Crippen molar-refractivity contribution in [2.75, 3.05) is 25.1 Å². The Hall–Kier alpha value is -2.65. The number of rotatable bonds is 6. The van der Waals surface area contributed by atoms with Crippen molar-refractivity contribution >= 4 is 27.5 Å². The van der Waals surface area contributed by atoms with E-state index in [9.17, 15) is 14.9 Å². The van der Waals surface area contributed by atoms with Gasteiger partial charge in [-0.2, -0.15) is 0 Å². The number of nitrogens with one attached hydrogen (secondary N) is 1. The zero-order chi connectivity index (χ0) is 23.3. The fourth-order valence-corrected chi connectivity index (χ4v) is 6.68. The van der Waals surface area contributed by atoms with Crippen molar-refractivity contribution in [1.82, 2.24) is 4.90 Å². The molecule has 1 amide bonds. The molecule has 0 saturated carbocycles. The molecule has 8 nitrogen and oxygen atoms in total. The van der Waals surface area contributed by atoms with E-state index in [1.165, 1.54) is 0 Å². The first-order valence-corrected chi connectivity index (χ1v) is 12.1. The predicted molar refractivity (Wildman–Crippen MR) is 126 cm³/mol. The number of nitro groups is 1. The van der Waals surface area contributed by atoms with Crippen LogP contribution in [0.5, 0.6) is 11.5 Å². The molecule has 33 heavy (non-hydrogen) atoms. The Morgan fingerprint density at radius 1 is 1.24 bits per heavy atom. The molecule has 1 N–H and O–H groups in total. The number of halogens is 1. The molecule has 2 fully saturated rings. The molecule has 0 unspecified atom stereocenters. The van der Waals surface area contributed by atoms with Crippen LogP contribution in [-0.2, 0) is 10.3 Å². The predicted octanol–water partition coefficient (Wildman–Crippen LogP) is 4.30. The maximum absolute atomic E-state index is 13.6. The summed E-state index contributed by atoms with van der Waals surface area (Å²) in [5.74, 6) is 0.341. The van der Waals surface area contributed by atoms with Gasteiger partial charge in [-0.05, 0) is 66.4 Å². The molecule has 3 heterocycles. The van der Waals surface area contributed by atoms with Crippen LogP contribution in [0.4, 0.5) is 5.69 Å². The van der Waals surface area contributed by atoms with Gasteiger partial charge < -0.3 is 14.8 Å². The van der Waals surface area contributed by atoms with E-state index in [0.717, 1.165) is 18.4 Å². The second-order valence-corrected chi connectivity index (χ2v) is 9.48. The van der Waals surface area contributed by atoms with E-state index in [2.05, 4.69) is 26.1 Å². The van der Waals surface area contributed by atoms with E-state index in [1.807, 2.05) is 50.2 Å². The van der Waals surface area contributed by atoms with E-state index in [-0.39, 0.29) is 16.9 Å². The Kier molecular flexibility index (Phi) is 5.56. The molecule has 2 aromatic rings. The van der Waals surface area contributed by atoms with Gasteiger partial charge in [-0.15, -0.1) is 0 Å². The maximum atomic E-state index is 13.6. The number of benzene rings is 2. The number of para-hydroxylation sites is 1. The second-order valence-electron chi connectivity index (χ2n) is 8.62. The highest BCUT2D eigenvalue weighted by molar-refractivity contribution is 9.10. The maximum Gasteiger partial charge on any atom is 0.256 e. The summed E-state index contributed by atoms with van der Waals surface area (Å²) in [6, 6.07) is 9.83. The van der Waals surface area contributed by atoms with Crippen molar-refractivity contribution in [1.29, 1.82) is 0 Å². The highest BCUT2D eigenvalue weighted by Gasteiger charge is 2.73. The summed E-state index contributed by atoms with van der Waals surface area (Å²) in [4.78, 5) is 28.1. The van der Waals surface area contributed by atoms with Crippen LogP contribution in [0.3, 0.4) is 0 Å². The highest BCUT2D eigenvalue weighted by atomic mass is 79.9. The van der Waals surface area contributed by atoms with E-state index >= 15 is 0 Å². The molecule has 2 aromatic carbocycles. The van der Waals surface area contributed by atoms with Gasteiger partial charge in [0.15, 0.2) is 17.0 Å². The summed E-state index contributed by atoms with van der Waals surface area (Å²) in [5, 5.41) is 15.7. The Balaban J connectivity index is 1.71. The van der Waals surface area contributed by atoms with Crippen LogP contribution in [0.2, 0.25) is 0 Å². The van der Waals surface area contributed by atoms with Gasteiger partial charge in [-0.3, -0.25) is 19.8 Å². The topological polar surface area (TPSA) is 93.9 Å². The minimum atomic E-state index is -1.33. The molecule has 9 heteroatoms. The smallest absolute Gasteiger partial charge is 0.256 e. The zero-order valence-electron chi connectivity index (χ0n) is 18.5. The Morgan fingerprint density at radius 3 is 2.73 bits per heavy atom. The number of anilines is 1. The number of fused-ring (bicyclic) bond motifs is 4. The summed E-state index contributed by atoms with van der Waals surface area (Å²) in [7, 11) is 0. The summed E-state index contributed by atoms with van der Waals surface area (Å²) in [6.07, 6.45) is 1.68. The summed E-state index contributed by atoms with van der Waals surface area (Å²) in [5.41, 5.74) is 0.800. The molecule has 5 rings (SSSR count). The van der Waals surface area contributed by atoms with Crippen LogP contribution in [0.15, 0.2) is 40.9 Å². The molecule has 4 atom stereocenters. The van der Waals surface area contributed by atoms with Gasteiger partial charge in [0.05, 0.1) is 23.6 Å². The van der Waals surface area contributed by atoms with Gasteiger partial charge in [0, 0.05) is 28.8 Å². The summed E-state index contributed by atoms with van der Waals surface area (Å²) in [6.45, 7) is 5.33. The number of amides is 1. The van der Waals surface area contributed by atoms with E-state index in [4.69, 9.17) is 9.47 Å². The molecule has 0 aromatic heterocycles. The van der Waals surface area contributed by atoms with Gasteiger partial charge in [0.2, 0.25) is 0 Å². The van der Waals surface area contributed by atoms with E-state index in [1.54, 1.807) is 0 Å². The van der Waals surface area contributed by atoms with Gasteiger partial charge >= 0.3 is 0 Å². The van der Waals surface area contributed by atoms with Crippen LogP contribution < -0.4 is 14.8 Å². The fraction of sp³-hybridized carbons (Fsp3) is 0.458. The second kappa shape index (κ2) is 8.29. The van der Waals surface area contributed by atoms with Crippen molar-refractivity contribution in [3.8, 4) is 11.5 Å². The highest BCUT2D eigenvalue weighted by Crippen LogP contribution is 2.58. The Labute approximate surface area is 200 Å². The van der Waals surface area contributed by atoms with Crippen LogP contribution in [0.1, 0.15) is 43.7 Å². The third kappa shape index (κ3) is 3.09. The number of nitrogens with zero attached hydrogens (tertiary/aromatic N) is 2. The molecular formula is C24H26BrN3O5. The van der Waals surface area contributed by atoms with Crippen LogP contribution in [-0.4, -0.2) is 47.6 Å². The molecule has 174 valence electrons. The molecule has 0 radical (unpaired) electrons. The molecule has 1 spiro atoms. The Bertz CT molecular complexity index is 1130. The van der Waals surface area contributed by atoms with Crippen LogP contribution in [0.25, 0.3) is 0 Å². The first kappa shape index (κ1) is 22.2. The molecular weight excluding hydrogens is 490 g/mol. The van der Waals surface area contributed by atoms with Gasteiger partial charge in [0.25, 0.3) is 11.9 Å². The van der Waals surface area contributed by atoms with Crippen LogP contribution >= 0.6 is 15.9 Å². The minimum Gasteiger partial charge on any atom is -0.490 e. The fourth-order valence-electron chi connectivity index (χ4n) is 6.10. The zero-order valence-corrected chi connectivity index (χ0v) is 20.1. The normalized spacial score (nSPS) is 28.0. The molecule has 0 aliphatic carbocycles. The monoisotopic (exact) mass is 515 g/mol.